The van der Waals surface area contributed by atoms with Gasteiger partial charge in [0.25, 0.3) is 0 Å². The van der Waals surface area contributed by atoms with Crippen molar-refractivity contribution in [3.05, 3.63) is 35.5 Å². The summed E-state index contributed by atoms with van der Waals surface area (Å²) in [5.74, 6) is 1.02. The number of hydrogen-bond donors (Lipinski definition) is 0. The Kier molecular flexibility index (Phi) is 4.48. The molecule has 2 heterocycles. The van der Waals surface area contributed by atoms with Gasteiger partial charge in [0.1, 0.15) is 5.82 Å². The summed E-state index contributed by atoms with van der Waals surface area (Å²) in [4.78, 5) is 4.33. The topological polar surface area (TPSA) is 82.5 Å². The first-order chi connectivity index (χ1) is 12.2. The number of benzene rings is 1. The molecule has 130 valence electrons. The van der Waals surface area contributed by atoms with Crippen LogP contribution in [0.5, 0.6) is 0 Å². The van der Waals surface area contributed by atoms with E-state index in [0.29, 0.717) is 34.6 Å². The van der Waals surface area contributed by atoms with E-state index in [2.05, 4.69) is 25.7 Å². The summed E-state index contributed by atoms with van der Waals surface area (Å²) in [5, 5.41) is 16.7. The highest BCUT2D eigenvalue weighted by atomic mass is 32.2. The van der Waals surface area contributed by atoms with Crippen molar-refractivity contribution in [2.75, 3.05) is 0 Å². The fourth-order valence-corrected chi connectivity index (χ4v) is 3.73. The summed E-state index contributed by atoms with van der Waals surface area (Å²) in [5.41, 5.74) is 1.18. The molecule has 1 aliphatic carbocycles. The molecule has 0 atom stereocenters. The fraction of sp³-hybridized carbons (Fsp3) is 0.438. The third kappa shape index (κ3) is 3.41. The maximum Gasteiger partial charge on any atom is 0.237 e. The third-order valence-electron chi connectivity index (χ3n) is 4.36. The maximum atomic E-state index is 13.7. The molecule has 0 unspecified atom stereocenters. The highest BCUT2D eigenvalue weighted by Gasteiger charge is 2.22. The summed E-state index contributed by atoms with van der Waals surface area (Å²) < 4.78 is 20.8. The molecule has 4 rings (SSSR count). The zero-order valence-electron chi connectivity index (χ0n) is 13.7. The molecule has 1 saturated carbocycles. The van der Waals surface area contributed by atoms with Crippen molar-refractivity contribution < 1.29 is 8.91 Å². The van der Waals surface area contributed by atoms with E-state index in [9.17, 15) is 4.39 Å². The predicted octanol–water partition coefficient (Wildman–Crippen LogP) is 3.58. The van der Waals surface area contributed by atoms with Gasteiger partial charge in [-0.15, -0.1) is 5.10 Å². The SMILES string of the molecule is Cc1ccc(-c2noc(CSc3nnnn3C3CCCC3)n2)cc1F. The van der Waals surface area contributed by atoms with E-state index in [1.165, 1.54) is 30.7 Å². The molecule has 0 radical (unpaired) electrons. The number of rotatable bonds is 5. The summed E-state index contributed by atoms with van der Waals surface area (Å²) in [7, 11) is 0. The Morgan fingerprint density at radius 1 is 1.32 bits per heavy atom. The number of aromatic nitrogens is 6. The molecular weight excluding hydrogens is 343 g/mol. The monoisotopic (exact) mass is 360 g/mol. The Morgan fingerprint density at radius 2 is 2.16 bits per heavy atom. The molecule has 1 fully saturated rings. The molecule has 0 saturated heterocycles. The number of tetrazole rings is 1. The minimum Gasteiger partial charge on any atom is -0.338 e. The van der Waals surface area contributed by atoms with Gasteiger partial charge in [-0.05, 0) is 41.8 Å². The molecule has 0 N–H and O–H groups in total. The van der Waals surface area contributed by atoms with Crippen molar-refractivity contribution in [2.24, 2.45) is 0 Å². The lowest BCUT2D eigenvalue weighted by Gasteiger charge is -2.09. The van der Waals surface area contributed by atoms with Gasteiger partial charge in [0.2, 0.25) is 16.9 Å². The van der Waals surface area contributed by atoms with Crippen molar-refractivity contribution in [1.29, 1.82) is 0 Å². The van der Waals surface area contributed by atoms with Crippen molar-refractivity contribution in [3.63, 3.8) is 0 Å². The van der Waals surface area contributed by atoms with Gasteiger partial charge < -0.3 is 4.52 Å². The quantitative estimate of drug-likeness (QED) is 0.643. The second kappa shape index (κ2) is 6.91. The molecule has 0 spiro atoms. The Balaban J connectivity index is 1.45. The van der Waals surface area contributed by atoms with Gasteiger partial charge in [-0.2, -0.15) is 4.98 Å². The van der Waals surface area contributed by atoms with Crippen LogP contribution < -0.4 is 0 Å². The van der Waals surface area contributed by atoms with Crippen LogP contribution in [0.4, 0.5) is 4.39 Å². The number of aryl methyl sites for hydroxylation is 1. The lowest BCUT2D eigenvalue weighted by atomic mass is 10.1. The standard InChI is InChI=1S/C16H17FN6OS/c1-10-6-7-11(8-13(10)17)15-18-14(24-20-15)9-25-16-19-21-22-23(16)12-4-2-3-5-12/h6-8,12H,2-5,9H2,1H3. The normalized spacial score (nSPS) is 15.1. The largest absolute Gasteiger partial charge is 0.338 e. The smallest absolute Gasteiger partial charge is 0.237 e. The third-order valence-corrected chi connectivity index (χ3v) is 5.27. The molecular formula is C16H17FN6OS. The van der Waals surface area contributed by atoms with Crippen molar-refractivity contribution in [2.45, 2.75) is 49.6 Å². The summed E-state index contributed by atoms with van der Waals surface area (Å²) in [6.45, 7) is 1.71. The molecule has 0 bridgehead atoms. The van der Waals surface area contributed by atoms with Gasteiger partial charge in [-0.3, -0.25) is 0 Å². The highest BCUT2D eigenvalue weighted by Crippen LogP contribution is 2.32. The molecule has 0 aliphatic heterocycles. The van der Waals surface area contributed by atoms with E-state index in [0.717, 1.165) is 18.0 Å². The van der Waals surface area contributed by atoms with E-state index in [4.69, 9.17) is 4.52 Å². The van der Waals surface area contributed by atoms with E-state index in [1.54, 1.807) is 19.1 Å². The summed E-state index contributed by atoms with van der Waals surface area (Å²) in [6, 6.07) is 5.27. The van der Waals surface area contributed by atoms with Gasteiger partial charge >= 0.3 is 0 Å². The molecule has 1 aliphatic rings. The van der Waals surface area contributed by atoms with Crippen LogP contribution >= 0.6 is 11.8 Å². The van der Waals surface area contributed by atoms with Gasteiger partial charge in [0.05, 0.1) is 11.8 Å². The van der Waals surface area contributed by atoms with Crippen LogP contribution in [0, 0.1) is 12.7 Å². The Labute approximate surface area is 148 Å². The van der Waals surface area contributed by atoms with E-state index in [1.807, 2.05) is 4.68 Å². The van der Waals surface area contributed by atoms with Crippen LogP contribution in [-0.2, 0) is 5.75 Å². The first kappa shape index (κ1) is 16.2. The molecule has 3 aromatic rings. The Morgan fingerprint density at radius 3 is 2.96 bits per heavy atom. The molecule has 25 heavy (non-hydrogen) atoms. The zero-order chi connectivity index (χ0) is 17.2. The average Bonchev–Trinajstić information content (AvgIpc) is 3.36. The molecule has 7 nitrogen and oxygen atoms in total. The predicted molar refractivity (Wildman–Crippen MR) is 89.3 cm³/mol. The van der Waals surface area contributed by atoms with Crippen molar-refractivity contribution in [1.82, 2.24) is 30.3 Å². The van der Waals surface area contributed by atoms with Crippen LogP contribution in [0.15, 0.2) is 27.9 Å². The van der Waals surface area contributed by atoms with Crippen LogP contribution in [0.3, 0.4) is 0 Å². The Hall–Kier alpha value is -2.29. The number of nitrogens with zero attached hydrogens (tertiary/aromatic N) is 6. The average molecular weight is 360 g/mol. The second-order valence-electron chi connectivity index (χ2n) is 6.11. The minimum atomic E-state index is -0.283. The molecule has 2 aromatic heterocycles. The van der Waals surface area contributed by atoms with Crippen LogP contribution in [0.25, 0.3) is 11.4 Å². The van der Waals surface area contributed by atoms with Crippen LogP contribution in [0.2, 0.25) is 0 Å². The fourth-order valence-electron chi connectivity index (χ4n) is 2.95. The molecule has 1 aromatic carbocycles. The first-order valence-corrected chi connectivity index (χ1v) is 9.19. The first-order valence-electron chi connectivity index (χ1n) is 8.20. The second-order valence-corrected chi connectivity index (χ2v) is 7.05. The van der Waals surface area contributed by atoms with Crippen LogP contribution in [-0.4, -0.2) is 30.3 Å². The molecule has 0 amide bonds. The van der Waals surface area contributed by atoms with Crippen molar-refractivity contribution >= 4 is 11.8 Å². The molecule has 9 heteroatoms. The Bertz CT molecular complexity index is 873. The lowest BCUT2D eigenvalue weighted by molar-refractivity contribution is 0.391. The number of halogens is 1. The summed E-state index contributed by atoms with van der Waals surface area (Å²) in [6.07, 6.45) is 4.66. The number of hydrogen-bond acceptors (Lipinski definition) is 7. The number of thioether (sulfide) groups is 1. The zero-order valence-corrected chi connectivity index (χ0v) is 14.5. The van der Waals surface area contributed by atoms with Crippen LogP contribution in [0.1, 0.15) is 43.2 Å². The van der Waals surface area contributed by atoms with E-state index in [-0.39, 0.29) is 5.82 Å². The van der Waals surface area contributed by atoms with E-state index >= 15 is 0 Å². The summed E-state index contributed by atoms with van der Waals surface area (Å²) >= 11 is 1.46. The van der Waals surface area contributed by atoms with Gasteiger partial charge in [-0.1, -0.05) is 41.9 Å². The maximum absolute atomic E-state index is 13.7. The van der Waals surface area contributed by atoms with Gasteiger partial charge in [0, 0.05) is 5.56 Å². The van der Waals surface area contributed by atoms with Crippen molar-refractivity contribution in [3.8, 4) is 11.4 Å². The van der Waals surface area contributed by atoms with Gasteiger partial charge in [0.15, 0.2) is 0 Å². The van der Waals surface area contributed by atoms with Gasteiger partial charge in [-0.25, -0.2) is 9.07 Å². The van der Waals surface area contributed by atoms with E-state index < -0.39 is 0 Å². The minimum absolute atomic E-state index is 0.283. The highest BCUT2D eigenvalue weighted by molar-refractivity contribution is 7.98. The lowest BCUT2D eigenvalue weighted by Crippen LogP contribution is -2.08.